The van der Waals surface area contributed by atoms with Crippen molar-refractivity contribution >= 4 is 23.4 Å². The molecule has 0 unspecified atom stereocenters. The number of nitrogens with one attached hydrogen (secondary N) is 1. The molecule has 0 aromatic carbocycles. The number of carbonyl (C=O) groups excluding carboxylic acids is 1. The Morgan fingerprint density at radius 1 is 1.43 bits per heavy atom. The molecular weight excluding hydrogens is 424 g/mol. The standard InChI is InChI=1S/C19H22F4N4O2S/c1-11-14(16(28)24-12-5-6-27(29)13(7-12)30-4)26(25-15(11)18(3,20)21)10-17(2)8-19(22,23)9-17/h5-7,29H,8-10H2,1-4H3/p+1. The average molecular weight is 447 g/mol. The summed E-state index contributed by atoms with van der Waals surface area (Å²) in [6, 6.07) is 2.96. The van der Waals surface area contributed by atoms with Crippen molar-refractivity contribution in [2.45, 2.75) is 57.0 Å². The minimum absolute atomic E-state index is 0.00655. The number of thioether (sulfide) groups is 1. The van der Waals surface area contributed by atoms with Gasteiger partial charge < -0.3 is 5.32 Å². The number of nitrogens with zero attached hydrogens (tertiary/aromatic N) is 3. The maximum atomic E-state index is 14.0. The highest BCUT2D eigenvalue weighted by molar-refractivity contribution is 7.98. The topological polar surface area (TPSA) is 71.0 Å². The number of aromatic nitrogens is 3. The fraction of sp³-hybridized carbons (Fsp3) is 0.526. The fourth-order valence-electron chi connectivity index (χ4n) is 3.93. The molecule has 6 nitrogen and oxygen atoms in total. The van der Waals surface area contributed by atoms with Crippen LogP contribution in [0.3, 0.4) is 0 Å². The summed E-state index contributed by atoms with van der Waals surface area (Å²) >= 11 is 1.24. The Labute approximate surface area is 175 Å². The third kappa shape index (κ3) is 4.40. The first-order valence-corrected chi connectivity index (χ1v) is 10.4. The SMILES string of the molecule is CSc1cc(NC(=O)c2c(C)c(C(C)(F)F)nn2CC2(C)CC(F)(F)C2)cc[n+]1O. The van der Waals surface area contributed by atoms with E-state index >= 15 is 0 Å². The molecule has 30 heavy (non-hydrogen) atoms. The van der Waals surface area contributed by atoms with Gasteiger partial charge in [0.2, 0.25) is 12.1 Å². The Bertz CT molecular complexity index is 980. The van der Waals surface area contributed by atoms with E-state index in [0.717, 1.165) is 9.41 Å². The number of alkyl halides is 4. The Morgan fingerprint density at radius 3 is 2.60 bits per heavy atom. The van der Waals surface area contributed by atoms with Crippen molar-refractivity contribution in [3.8, 4) is 0 Å². The van der Waals surface area contributed by atoms with Crippen LogP contribution >= 0.6 is 11.8 Å². The number of hydrogen-bond donors (Lipinski definition) is 2. The van der Waals surface area contributed by atoms with Gasteiger partial charge in [0, 0.05) is 48.7 Å². The van der Waals surface area contributed by atoms with E-state index < -0.39 is 41.7 Å². The van der Waals surface area contributed by atoms with Gasteiger partial charge in [0.25, 0.3) is 16.9 Å². The molecule has 0 spiro atoms. The van der Waals surface area contributed by atoms with Crippen molar-refractivity contribution in [3.63, 3.8) is 0 Å². The molecule has 0 radical (unpaired) electrons. The van der Waals surface area contributed by atoms with Crippen LogP contribution in [0.5, 0.6) is 0 Å². The summed E-state index contributed by atoms with van der Waals surface area (Å²) in [4.78, 5) is 13.0. The summed E-state index contributed by atoms with van der Waals surface area (Å²) in [5.74, 6) is -6.78. The fourth-order valence-corrected chi connectivity index (χ4v) is 4.43. The van der Waals surface area contributed by atoms with E-state index in [-0.39, 0.29) is 17.8 Å². The van der Waals surface area contributed by atoms with E-state index in [0.29, 0.717) is 17.6 Å². The molecule has 3 rings (SSSR count). The third-order valence-electron chi connectivity index (χ3n) is 5.09. The lowest BCUT2D eigenvalue weighted by atomic mass is 9.67. The third-order valence-corrected chi connectivity index (χ3v) is 5.81. The molecular formula is C19H23F4N4O2S+. The number of hydrogen-bond acceptors (Lipinski definition) is 4. The lowest BCUT2D eigenvalue weighted by Crippen LogP contribution is -2.47. The molecule has 1 saturated carbocycles. The van der Waals surface area contributed by atoms with Gasteiger partial charge in [-0.2, -0.15) is 13.9 Å². The zero-order valence-electron chi connectivity index (χ0n) is 17.0. The molecule has 11 heteroatoms. The zero-order valence-corrected chi connectivity index (χ0v) is 17.8. The Morgan fingerprint density at radius 2 is 2.07 bits per heavy atom. The normalized spacial score (nSPS) is 17.5. The van der Waals surface area contributed by atoms with Crippen molar-refractivity contribution in [2.24, 2.45) is 5.41 Å². The second kappa shape index (κ2) is 7.44. The van der Waals surface area contributed by atoms with Gasteiger partial charge in [0.05, 0.1) is 5.69 Å². The van der Waals surface area contributed by atoms with Gasteiger partial charge in [-0.15, -0.1) is 0 Å². The van der Waals surface area contributed by atoms with Crippen LogP contribution in [0.15, 0.2) is 23.4 Å². The summed E-state index contributed by atoms with van der Waals surface area (Å²) in [5.41, 5.74) is -1.18. The van der Waals surface area contributed by atoms with Gasteiger partial charge in [-0.05, 0) is 18.6 Å². The number of rotatable bonds is 6. The molecule has 2 N–H and O–H groups in total. The Balaban J connectivity index is 1.95. The lowest BCUT2D eigenvalue weighted by molar-refractivity contribution is -0.932. The molecule has 1 amide bonds. The minimum Gasteiger partial charge on any atom is -0.320 e. The van der Waals surface area contributed by atoms with E-state index in [9.17, 15) is 27.6 Å². The predicted octanol–water partition coefficient (Wildman–Crippen LogP) is 4.24. The van der Waals surface area contributed by atoms with Crippen LogP contribution in [0.4, 0.5) is 23.2 Å². The molecule has 1 aliphatic rings. The first-order valence-electron chi connectivity index (χ1n) is 9.18. The van der Waals surface area contributed by atoms with E-state index in [1.165, 1.54) is 37.0 Å². The Hall–Kier alpha value is -2.30. The number of halogens is 4. The molecule has 2 aromatic heterocycles. The summed E-state index contributed by atoms with van der Waals surface area (Å²) in [6.07, 6.45) is 2.26. The van der Waals surface area contributed by atoms with E-state index in [1.807, 2.05) is 0 Å². The maximum Gasteiger partial charge on any atom is 0.292 e. The molecule has 0 aliphatic heterocycles. The quantitative estimate of drug-likeness (QED) is 0.301. The van der Waals surface area contributed by atoms with Crippen LogP contribution in [0.2, 0.25) is 0 Å². The maximum absolute atomic E-state index is 14.0. The van der Waals surface area contributed by atoms with E-state index in [4.69, 9.17) is 0 Å². The van der Waals surface area contributed by atoms with Crippen molar-refractivity contribution in [1.82, 2.24) is 9.78 Å². The van der Waals surface area contributed by atoms with Crippen LogP contribution in [0.1, 0.15) is 48.4 Å². The van der Waals surface area contributed by atoms with Gasteiger partial charge in [-0.25, -0.2) is 8.78 Å². The highest BCUT2D eigenvalue weighted by atomic mass is 32.2. The van der Waals surface area contributed by atoms with Crippen molar-refractivity contribution < 1.29 is 32.3 Å². The first kappa shape index (κ1) is 22.4. The molecule has 0 saturated heterocycles. The van der Waals surface area contributed by atoms with Gasteiger partial charge >= 0.3 is 0 Å². The highest BCUT2D eigenvalue weighted by Crippen LogP contribution is 2.52. The predicted molar refractivity (Wildman–Crippen MR) is 102 cm³/mol. The van der Waals surface area contributed by atoms with Crippen molar-refractivity contribution in [3.05, 3.63) is 35.3 Å². The van der Waals surface area contributed by atoms with Crippen LogP contribution < -0.4 is 10.0 Å². The second-order valence-corrected chi connectivity index (χ2v) is 8.97. The van der Waals surface area contributed by atoms with Crippen LogP contribution in [0.25, 0.3) is 0 Å². The van der Waals surface area contributed by atoms with Crippen LogP contribution in [0, 0.1) is 12.3 Å². The Kier molecular flexibility index (Phi) is 5.55. The molecule has 2 aromatic rings. The molecule has 1 aliphatic carbocycles. The van der Waals surface area contributed by atoms with Crippen molar-refractivity contribution in [1.29, 1.82) is 0 Å². The van der Waals surface area contributed by atoms with Crippen molar-refractivity contribution in [2.75, 3.05) is 11.6 Å². The van der Waals surface area contributed by atoms with Gasteiger partial charge in [-0.1, -0.05) is 18.7 Å². The lowest BCUT2D eigenvalue weighted by Gasteiger charge is -2.44. The molecule has 0 atom stereocenters. The van der Waals surface area contributed by atoms with Crippen LogP contribution in [-0.4, -0.2) is 33.1 Å². The number of carbonyl (C=O) groups is 1. The monoisotopic (exact) mass is 447 g/mol. The van der Waals surface area contributed by atoms with Gasteiger partial charge in [0.1, 0.15) is 11.4 Å². The molecule has 0 bridgehead atoms. The largest absolute Gasteiger partial charge is 0.320 e. The summed E-state index contributed by atoms with van der Waals surface area (Å²) in [7, 11) is 0. The van der Waals surface area contributed by atoms with E-state index in [2.05, 4.69) is 10.4 Å². The second-order valence-electron chi connectivity index (χ2n) is 8.14. The summed E-state index contributed by atoms with van der Waals surface area (Å²) < 4.78 is 56.9. The summed E-state index contributed by atoms with van der Waals surface area (Å²) in [5, 5.41) is 16.7. The zero-order chi connectivity index (χ0) is 22.5. The molecule has 2 heterocycles. The number of amides is 1. The average Bonchev–Trinajstić information content (AvgIpc) is 2.90. The number of pyridine rings is 1. The molecule has 164 valence electrons. The van der Waals surface area contributed by atoms with Gasteiger partial charge in [-0.3, -0.25) is 14.7 Å². The van der Waals surface area contributed by atoms with Crippen LogP contribution in [-0.2, 0) is 12.5 Å². The van der Waals surface area contributed by atoms with Gasteiger partial charge in [0.15, 0.2) is 0 Å². The number of anilines is 1. The smallest absolute Gasteiger partial charge is 0.292 e. The first-order chi connectivity index (χ1) is 13.7. The summed E-state index contributed by atoms with van der Waals surface area (Å²) in [6.45, 7) is 3.58. The minimum atomic E-state index is -3.30. The van der Waals surface area contributed by atoms with E-state index in [1.54, 1.807) is 13.2 Å². The molecule has 1 fully saturated rings. The highest BCUT2D eigenvalue weighted by Gasteiger charge is 2.54.